The summed E-state index contributed by atoms with van der Waals surface area (Å²) in [6.07, 6.45) is 5.76. The van der Waals surface area contributed by atoms with Gasteiger partial charge in [-0.25, -0.2) is 9.78 Å². The molecule has 3 heterocycles. The summed E-state index contributed by atoms with van der Waals surface area (Å²) in [6, 6.07) is 2.75. The van der Waals surface area contributed by atoms with Gasteiger partial charge >= 0.3 is 5.97 Å². The predicted octanol–water partition coefficient (Wildman–Crippen LogP) is 2.88. The molecule has 2 aromatic rings. The molecule has 0 radical (unpaired) electrons. The maximum absolute atomic E-state index is 12.3. The molecule has 2 aliphatic heterocycles. The SMILES string of the molecule is COC(=O)c1cc([N+](=O)[O-])c(-n2ccnc2C2CCOCC2)cc1OCC1CCOC1. The van der Waals surface area contributed by atoms with Gasteiger partial charge in [0.05, 0.1) is 25.2 Å². The van der Waals surface area contributed by atoms with E-state index < -0.39 is 10.9 Å². The van der Waals surface area contributed by atoms with E-state index in [9.17, 15) is 14.9 Å². The number of nitro groups is 1. The summed E-state index contributed by atoms with van der Waals surface area (Å²) in [5, 5.41) is 11.9. The fourth-order valence-electron chi connectivity index (χ4n) is 3.98. The molecule has 1 unspecified atom stereocenters. The van der Waals surface area contributed by atoms with Crippen LogP contribution in [-0.2, 0) is 14.2 Å². The van der Waals surface area contributed by atoms with Crippen molar-refractivity contribution >= 4 is 11.7 Å². The Morgan fingerprint density at radius 1 is 1.26 bits per heavy atom. The average Bonchev–Trinajstić information content (AvgIpc) is 3.49. The van der Waals surface area contributed by atoms with Crippen molar-refractivity contribution in [2.75, 3.05) is 40.1 Å². The maximum atomic E-state index is 12.3. The van der Waals surface area contributed by atoms with Crippen molar-refractivity contribution in [1.29, 1.82) is 0 Å². The maximum Gasteiger partial charge on any atom is 0.341 e. The first kappa shape index (κ1) is 21.3. The van der Waals surface area contributed by atoms with Gasteiger partial charge in [0.1, 0.15) is 22.8 Å². The number of methoxy groups -OCH3 is 1. The van der Waals surface area contributed by atoms with Gasteiger partial charge in [0.2, 0.25) is 0 Å². The molecular formula is C21H25N3O7. The number of carbonyl (C=O) groups excluding carboxylic acids is 1. The van der Waals surface area contributed by atoms with Crippen LogP contribution in [0, 0.1) is 16.0 Å². The van der Waals surface area contributed by atoms with Crippen LogP contribution >= 0.6 is 0 Å². The zero-order chi connectivity index (χ0) is 21.8. The minimum absolute atomic E-state index is 0.0181. The average molecular weight is 431 g/mol. The molecular weight excluding hydrogens is 406 g/mol. The quantitative estimate of drug-likeness (QED) is 0.373. The lowest BCUT2D eigenvalue weighted by Gasteiger charge is -2.23. The molecule has 2 aliphatic rings. The second kappa shape index (κ2) is 9.44. The highest BCUT2D eigenvalue weighted by Crippen LogP contribution is 2.36. The van der Waals surface area contributed by atoms with Crippen molar-refractivity contribution in [2.45, 2.75) is 25.2 Å². The molecule has 1 aromatic heterocycles. The summed E-state index contributed by atoms with van der Waals surface area (Å²) >= 11 is 0. The molecule has 10 nitrogen and oxygen atoms in total. The molecule has 0 spiro atoms. The predicted molar refractivity (Wildman–Crippen MR) is 109 cm³/mol. The van der Waals surface area contributed by atoms with Gasteiger partial charge in [-0.15, -0.1) is 0 Å². The van der Waals surface area contributed by atoms with E-state index in [0.29, 0.717) is 38.7 Å². The van der Waals surface area contributed by atoms with E-state index in [-0.39, 0.29) is 28.8 Å². The molecule has 0 bridgehead atoms. The van der Waals surface area contributed by atoms with Gasteiger partial charge in [-0.05, 0) is 19.3 Å². The Labute approximate surface area is 179 Å². The first-order valence-corrected chi connectivity index (χ1v) is 10.3. The smallest absolute Gasteiger partial charge is 0.341 e. The van der Waals surface area contributed by atoms with Crippen LogP contribution in [0.3, 0.4) is 0 Å². The van der Waals surface area contributed by atoms with Gasteiger partial charge in [0.25, 0.3) is 5.69 Å². The van der Waals surface area contributed by atoms with E-state index in [1.807, 2.05) is 0 Å². The van der Waals surface area contributed by atoms with E-state index in [2.05, 4.69) is 4.98 Å². The summed E-state index contributed by atoms with van der Waals surface area (Å²) in [5.74, 6) is 0.611. The Morgan fingerprint density at radius 2 is 2.03 bits per heavy atom. The van der Waals surface area contributed by atoms with Gasteiger partial charge in [-0.3, -0.25) is 14.7 Å². The van der Waals surface area contributed by atoms with Crippen LogP contribution in [0.2, 0.25) is 0 Å². The summed E-state index contributed by atoms with van der Waals surface area (Å²) in [6.45, 7) is 2.85. The summed E-state index contributed by atoms with van der Waals surface area (Å²) in [7, 11) is 1.23. The standard InChI is InChI=1S/C21H25N3O7/c1-28-21(25)16-10-18(24(26)27)17(11-19(16)31-13-14-2-7-30-12-14)23-6-5-22-20(23)15-3-8-29-9-4-15/h5-6,10-11,14-15H,2-4,7-9,12-13H2,1H3. The number of nitrogens with zero attached hydrogens (tertiary/aromatic N) is 3. The molecule has 4 rings (SSSR count). The Morgan fingerprint density at radius 3 is 2.71 bits per heavy atom. The van der Waals surface area contributed by atoms with E-state index >= 15 is 0 Å². The van der Waals surface area contributed by atoms with Gasteiger partial charge in [-0.1, -0.05) is 0 Å². The number of hydrogen-bond donors (Lipinski definition) is 0. The Balaban J connectivity index is 1.76. The van der Waals surface area contributed by atoms with Crippen LogP contribution in [0.1, 0.15) is 41.4 Å². The van der Waals surface area contributed by atoms with Gasteiger partial charge in [-0.2, -0.15) is 0 Å². The third kappa shape index (κ3) is 4.54. The number of hydrogen-bond acceptors (Lipinski definition) is 8. The summed E-state index contributed by atoms with van der Waals surface area (Å²) in [4.78, 5) is 28.2. The van der Waals surface area contributed by atoms with Crippen molar-refractivity contribution in [3.8, 4) is 11.4 Å². The molecule has 2 saturated heterocycles. The zero-order valence-corrected chi connectivity index (χ0v) is 17.3. The van der Waals surface area contributed by atoms with Gasteiger partial charge < -0.3 is 18.9 Å². The monoisotopic (exact) mass is 431 g/mol. The second-order valence-electron chi connectivity index (χ2n) is 7.67. The summed E-state index contributed by atoms with van der Waals surface area (Å²) < 4.78 is 23.3. The fraction of sp³-hybridized carbons (Fsp3) is 0.524. The van der Waals surface area contributed by atoms with E-state index in [0.717, 1.165) is 25.1 Å². The van der Waals surface area contributed by atoms with Crippen LogP contribution in [0.15, 0.2) is 24.5 Å². The molecule has 0 aliphatic carbocycles. The van der Waals surface area contributed by atoms with Crippen molar-refractivity contribution in [2.24, 2.45) is 5.92 Å². The number of benzene rings is 1. The van der Waals surface area contributed by atoms with Crippen molar-refractivity contribution in [1.82, 2.24) is 9.55 Å². The third-order valence-electron chi connectivity index (χ3n) is 5.69. The first-order chi connectivity index (χ1) is 15.1. The van der Waals surface area contributed by atoms with Crippen molar-refractivity contribution in [3.05, 3.63) is 46.0 Å². The molecule has 1 aromatic carbocycles. The molecule has 1 atom stereocenters. The molecule has 166 valence electrons. The molecule has 0 saturated carbocycles. The number of carbonyl (C=O) groups is 1. The highest BCUT2D eigenvalue weighted by molar-refractivity contribution is 5.94. The van der Waals surface area contributed by atoms with Gasteiger partial charge in [0.15, 0.2) is 0 Å². The number of aromatic nitrogens is 2. The number of esters is 1. The van der Waals surface area contributed by atoms with Crippen LogP contribution in [0.25, 0.3) is 5.69 Å². The highest BCUT2D eigenvalue weighted by atomic mass is 16.6. The topological polar surface area (TPSA) is 115 Å². The molecule has 31 heavy (non-hydrogen) atoms. The fourth-order valence-corrected chi connectivity index (χ4v) is 3.98. The Bertz CT molecular complexity index is 946. The summed E-state index contributed by atoms with van der Waals surface area (Å²) in [5.41, 5.74) is 0.0992. The van der Waals surface area contributed by atoms with E-state index in [4.69, 9.17) is 18.9 Å². The van der Waals surface area contributed by atoms with Crippen LogP contribution < -0.4 is 4.74 Å². The lowest BCUT2D eigenvalue weighted by Crippen LogP contribution is -2.18. The second-order valence-corrected chi connectivity index (χ2v) is 7.67. The third-order valence-corrected chi connectivity index (χ3v) is 5.69. The van der Waals surface area contributed by atoms with Crippen LogP contribution in [0.5, 0.6) is 5.75 Å². The van der Waals surface area contributed by atoms with E-state index in [1.165, 1.54) is 19.2 Å². The van der Waals surface area contributed by atoms with Crippen molar-refractivity contribution in [3.63, 3.8) is 0 Å². The molecule has 0 amide bonds. The number of ether oxygens (including phenoxy) is 4. The van der Waals surface area contributed by atoms with Crippen molar-refractivity contribution < 1.29 is 28.7 Å². The van der Waals surface area contributed by atoms with Gasteiger partial charge in [0, 0.05) is 56.2 Å². The van der Waals surface area contributed by atoms with Crippen LogP contribution in [0.4, 0.5) is 5.69 Å². The number of nitro benzene ring substituents is 1. The molecule has 2 fully saturated rings. The lowest BCUT2D eigenvalue weighted by molar-refractivity contribution is -0.384. The minimum Gasteiger partial charge on any atom is -0.492 e. The molecule has 10 heteroatoms. The zero-order valence-electron chi connectivity index (χ0n) is 17.3. The highest BCUT2D eigenvalue weighted by Gasteiger charge is 2.28. The Hall–Kier alpha value is -2.98. The first-order valence-electron chi connectivity index (χ1n) is 10.3. The normalized spacial score (nSPS) is 19.3. The molecule has 0 N–H and O–H groups in total. The lowest BCUT2D eigenvalue weighted by atomic mass is 9.99. The number of imidazole rings is 1. The van der Waals surface area contributed by atoms with E-state index in [1.54, 1.807) is 17.0 Å². The Kier molecular flexibility index (Phi) is 6.47. The number of rotatable bonds is 7. The largest absolute Gasteiger partial charge is 0.492 e. The van der Waals surface area contributed by atoms with Crippen LogP contribution in [-0.4, -0.2) is 60.6 Å². The minimum atomic E-state index is -0.692.